The minimum atomic E-state index is -0.484. The van der Waals surface area contributed by atoms with E-state index < -0.39 is 5.91 Å². The van der Waals surface area contributed by atoms with Crippen molar-refractivity contribution >= 4 is 28.5 Å². The van der Waals surface area contributed by atoms with Crippen molar-refractivity contribution in [3.63, 3.8) is 0 Å². The second-order valence-electron chi connectivity index (χ2n) is 5.53. The van der Waals surface area contributed by atoms with Crippen molar-refractivity contribution < 1.29 is 9.53 Å². The molecule has 1 amide bonds. The number of nitrogens with one attached hydrogen (secondary N) is 1. The minimum Gasteiger partial charge on any atom is -0.497 e. The lowest BCUT2D eigenvalue weighted by molar-refractivity contribution is 0.100. The third-order valence-corrected chi connectivity index (χ3v) is 4.65. The number of rotatable bonds is 6. The van der Waals surface area contributed by atoms with Gasteiger partial charge in [0.15, 0.2) is 0 Å². The summed E-state index contributed by atoms with van der Waals surface area (Å²) in [5, 5.41) is 15.0. The van der Waals surface area contributed by atoms with E-state index in [0.29, 0.717) is 16.1 Å². The zero-order valence-corrected chi connectivity index (χ0v) is 15.3. The standard InChI is InChI=1S/C20H16N4O2S/c1-26-17-4-2-3-14(9-17)18-12-27-20(24-18)15(10-21)11-23-16-7-5-13(6-8-16)19(22)25/h2-9,11-12,23H,1H3,(H2,22,25)/b15-11-. The second kappa shape index (κ2) is 8.17. The van der Waals surface area contributed by atoms with Crippen LogP contribution in [-0.2, 0) is 0 Å². The highest BCUT2D eigenvalue weighted by atomic mass is 32.1. The summed E-state index contributed by atoms with van der Waals surface area (Å²) in [5.41, 5.74) is 8.49. The average Bonchev–Trinajstić information content (AvgIpc) is 3.19. The number of methoxy groups -OCH3 is 1. The van der Waals surface area contributed by atoms with Crippen molar-refractivity contribution in [1.82, 2.24) is 4.98 Å². The Bertz CT molecular complexity index is 1030. The van der Waals surface area contributed by atoms with Crippen molar-refractivity contribution in [3.05, 3.63) is 70.7 Å². The molecule has 0 aliphatic carbocycles. The predicted molar refractivity (Wildman–Crippen MR) is 106 cm³/mol. The first-order chi connectivity index (χ1) is 13.1. The van der Waals surface area contributed by atoms with Gasteiger partial charge in [-0.2, -0.15) is 5.26 Å². The lowest BCUT2D eigenvalue weighted by atomic mass is 10.1. The van der Waals surface area contributed by atoms with Gasteiger partial charge in [0.2, 0.25) is 5.91 Å². The number of benzene rings is 2. The van der Waals surface area contributed by atoms with Gasteiger partial charge < -0.3 is 15.8 Å². The molecule has 1 heterocycles. The highest BCUT2D eigenvalue weighted by Gasteiger charge is 2.09. The molecule has 2 aromatic carbocycles. The molecular weight excluding hydrogens is 360 g/mol. The molecule has 3 N–H and O–H groups in total. The molecule has 0 aliphatic rings. The van der Waals surface area contributed by atoms with E-state index >= 15 is 0 Å². The highest BCUT2D eigenvalue weighted by Crippen LogP contribution is 2.28. The smallest absolute Gasteiger partial charge is 0.248 e. The van der Waals surface area contributed by atoms with Crippen LogP contribution >= 0.6 is 11.3 Å². The Morgan fingerprint density at radius 2 is 2.07 bits per heavy atom. The number of ether oxygens (including phenoxy) is 1. The van der Waals surface area contributed by atoms with Gasteiger partial charge in [-0.25, -0.2) is 4.98 Å². The predicted octanol–water partition coefficient (Wildman–Crippen LogP) is 3.89. The molecule has 0 saturated heterocycles. The van der Waals surface area contributed by atoms with Gasteiger partial charge in [0.1, 0.15) is 22.4 Å². The summed E-state index contributed by atoms with van der Waals surface area (Å²) in [5.74, 6) is 0.266. The second-order valence-corrected chi connectivity index (χ2v) is 6.38. The molecule has 0 saturated carbocycles. The van der Waals surface area contributed by atoms with Gasteiger partial charge in [-0.05, 0) is 36.4 Å². The number of thiazole rings is 1. The minimum absolute atomic E-state index is 0.410. The largest absolute Gasteiger partial charge is 0.497 e. The van der Waals surface area contributed by atoms with Crippen LogP contribution < -0.4 is 15.8 Å². The monoisotopic (exact) mass is 376 g/mol. The number of nitrogens with two attached hydrogens (primary N) is 1. The van der Waals surface area contributed by atoms with E-state index in [1.807, 2.05) is 29.6 Å². The number of hydrogen-bond acceptors (Lipinski definition) is 6. The first-order valence-corrected chi connectivity index (χ1v) is 8.85. The SMILES string of the molecule is COc1cccc(-c2csc(/C(C#N)=C\Nc3ccc(C(N)=O)cc3)n2)c1. The van der Waals surface area contributed by atoms with Gasteiger partial charge in [0.25, 0.3) is 0 Å². The quantitative estimate of drug-likeness (QED) is 0.636. The summed E-state index contributed by atoms with van der Waals surface area (Å²) >= 11 is 1.39. The Balaban J connectivity index is 1.79. The Hall–Kier alpha value is -3.63. The lowest BCUT2D eigenvalue weighted by Crippen LogP contribution is -2.10. The third-order valence-electron chi connectivity index (χ3n) is 3.77. The normalized spacial score (nSPS) is 10.9. The molecule has 0 fully saturated rings. The van der Waals surface area contributed by atoms with Gasteiger partial charge in [0, 0.05) is 28.4 Å². The van der Waals surface area contributed by atoms with E-state index in [0.717, 1.165) is 22.7 Å². The molecular formula is C20H16N4O2S. The maximum Gasteiger partial charge on any atom is 0.248 e. The first-order valence-electron chi connectivity index (χ1n) is 7.97. The summed E-state index contributed by atoms with van der Waals surface area (Å²) < 4.78 is 5.24. The van der Waals surface area contributed by atoms with Gasteiger partial charge in [-0.1, -0.05) is 12.1 Å². The maximum atomic E-state index is 11.1. The van der Waals surface area contributed by atoms with Crippen molar-refractivity contribution in [2.75, 3.05) is 12.4 Å². The van der Waals surface area contributed by atoms with Gasteiger partial charge in [-0.3, -0.25) is 4.79 Å². The molecule has 0 unspecified atom stereocenters. The molecule has 0 spiro atoms. The van der Waals surface area contributed by atoms with Gasteiger partial charge in [-0.15, -0.1) is 11.3 Å². The Morgan fingerprint density at radius 1 is 1.30 bits per heavy atom. The van der Waals surface area contributed by atoms with E-state index in [9.17, 15) is 10.1 Å². The lowest BCUT2D eigenvalue weighted by Gasteiger charge is -2.03. The molecule has 1 aromatic heterocycles. The number of primary amides is 1. The molecule has 7 heteroatoms. The molecule has 134 valence electrons. The van der Waals surface area contributed by atoms with Crippen molar-refractivity contribution in [3.8, 4) is 23.1 Å². The molecule has 0 bridgehead atoms. The zero-order valence-electron chi connectivity index (χ0n) is 14.5. The number of anilines is 1. The Kier molecular flexibility index (Phi) is 5.50. The van der Waals surface area contributed by atoms with Crippen LogP contribution in [0.3, 0.4) is 0 Å². The van der Waals surface area contributed by atoms with Crippen LogP contribution in [0, 0.1) is 11.3 Å². The molecule has 6 nitrogen and oxygen atoms in total. The van der Waals surface area contributed by atoms with E-state index in [1.165, 1.54) is 11.3 Å². The van der Waals surface area contributed by atoms with Crippen molar-refractivity contribution in [2.24, 2.45) is 5.73 Å². The average molecular weight is 376 g/mol. The van der Waals surface area contributed by atoms with Crippen molar-refractivity contribution in [1.29, 1.82) is 5.26 Å². The maximum absolute atomic E-state index is 11.1. The highest BCUT2D eigenvalue weighted by molar-refractivity contribution is 7.11. The summed E-state index contributed by atoms with van der Waals surface area (Å²) in [7, 11) is 1.61. The number of nitriles is 1. The topological polar surface area (TPSA) is 101 Å². The molecule has 27 heavy (non-hydrogen) atoms. The van der Waals surface area contributed by atoms with Crippen molar-refractivity contribution in [2.45, 2.75) is 0 Å². The van der Waals surface area contributed by atoms with E-state index in [2.05, 4.69) is 16.4 Å². The van der Waals surface area contributed by atoms with Crippen LogP contribution in [0.4, 0.5) is 5.69 Å². The molecule has 3 aromatic rings. The molecule has 0 aliphatic heterocycles. The van der Waals surface area contributed by atoms with E-state index in [1.54, 1.807) is 37.6 Å². The fourth-order valence-electron chi connectivity index (χ4n) is 2.34. The van der Waals surface area contributed by atoms with Crippen LogP contribution in [-0.4, -0.2) is 18.0 Å². The third kappa shape index (κ3) is 4.32. The zero-order chi connectivity index (χ0) is 19.2. The number of amides is 1. The summed E-state index contributed by atoms with van der Waals surface area (Å²) in [6, 6.07) is 16.4. The van der Waals surface area contributed by atoms with Gasteiger partial charge in [0.05, 0.1) is 12.8 Å². The number of nitrogens with zero attached hydrogens (tertiary/aromatic N) is 2. The summed E-state index contributed by atoms with van der Waals surface area (Å²) in [4.78, 5) is 15.6. The molecule has 0 atom stereocenters. The number of carbonyl (C=O) groups excluding carboxylic acids is 1. The number of aromatic nitrogens is 1. The van der Waals surface area contributed by atoms with Crippen LogP contribution in [0.5, 0.6) is 5.75 Å². The van der Waals surface area contributed by atoms with E-state index in [-0.39, 0.29) is 0 Å². The summed E-state index contributed by atoms with van der Waals surface area (Å²) in [6.45, 7) is 0. The molecule has 0 radical (unpaired) electrons. The Morgan fingerprint density at radius 3 is 2.74 bits per heavy atom. The van der Waals surface area contributed by atoms with Crippen LogP contribution in [0.1, 0.15) is 15.4 Å². The molecule has 3 rings (SSSR count). The van der Waals surface area contributed by atoms with Gasteiger partial charge >= 0.3 is 0 Å². The van der Waals surface area contributed by atoms with Crippen LogP contribution in [0.2, 0.25) is 0 Å². The number of hydrogen-bond donors (Lipinski definition) is 2. The van der Waals surface area contributed by atoms with E-state index in [4.69, 9.17) is 10.5 Å². The van der Waals surface area contributed by atoms with Crippen LogP contribution in [0.25, 0.3) is 16.8 Å². The Labute approximate surface area is 160 Å². The van der Waals surface area contributed by atoms with Crippen LogP contribution in [0.15, 0.2) is 60.1 Å². The fourth-order valence-corrected chi connectivity index (χ4v) is 3.14. The fraction of sp³-hybridized carbons (Fsp3) is 0.0500. The number of carbonyl (C=O) groups is 1. The first kappa shape index (κ1) is 18.2. The summed E-state index contributed by atoms with van der Waals surface area (Å²) in [6.07, 6.45) is 1.59. The number of allylic oxidation sites excluding steroid dienone is 1.